The molecule has 7 nitrogen and oxygen atoms in total. The topological polar surface area (TPSA) is 104 Å². The molecule has 1 aromatic heterocycles. The van der Waals surface area contributed by atoms with Gasteiger partial charge in [0.15, 0.2) is 12.4 Å². The first kappa shape index (κ1) is 15.5. The lowest BCUT2D eigenvalue weighted by molar-refractivity contribution is -0.280. The van der Waals surface area contributed by atoms with Crippen LogP contribution in [0.3, 0.4) is 0 Å². The molecule has 0 radical (unpaired) electrons. The van der Waals surface area contributed by atoms with Crippen molar-refractivity contribution in [1.82, 2.24) is 4.09 Å². The van der Waals surface area contributed by atoms with Crippen LogP contribution in [-0.4, -0.2) is 61.8 Å². The molecule has 22 heavy (non-hydrogen) atoms. The summed E-state index contributed by atoms with van der Waals surface area (Å²) in [4.78, 5) is 0. The van der Waals surface area contributed by atoms with Crippen molar-refractivity contribution in [3.8, 4) is 5.75 Å². The number of hydrogen-bond acceptors (Lipinski definition) is 6. The van der Waals surface area contributed by atoms with E-state index in [4.69, 9.17) is 26.4 Å². The van der Waals surface area contributed by atoms with Crippen molar-refractivity contribution in [3.63, 3.8) is 0 Å². The molecule has 2 aromatic rings. The molecule has 1 aliphatic rings. The van der Waals surface area contributed by atoms with Crippen molar-refractivity contribution in [2.75, 3.05) is 6.61 Å². The van der Waals surface area contributed by atoms with E-state index in [1.54, 1.807) is 18.2 Å². The molecule has 0 unspecified atom stereocenters. The molecule has 1 aromatic carbocycles. The Balaban J connectivity index is 1.88. The predicted octanol–water partition coefficient (Wildman–Crippen LogP) is -0.178. The Bertz CT molecular complexity index is 662. The minimum absolute atomic E-state index is 0.340. The van der Waals surface area contributed by atoms with E-state index >= 15 is 0 Å². The SMILES string of the molecule is OC[C@H]1O[C@@H](O)[C@H](Oc2cn(Cl)c3ccccc23)[C@@H](O)[C@@H]1O. The van der Waals surface area contributed by atoms with Gasteiger partial charge in [-0.25, -0.2) is 0 Å². The first-order valence-electron chi connectivity index (χ1n) is 6.76. The molecule has 1 aliphatic heterocycles. The molecule has 0 spiro atoms. The maximum absolute atomic E-state index is 10.1. The van der Waals surface area contributed by atoms with Gasteiger partial charge in [-0.2, -0.15) is 0 Å². The van der Waals surface area contributed by atoms with Crippen molar-refractivity contribution in [3.05, 3.63) is 30.5 Å². The molecule has 1 saturated heterocycles. The highest BCUT2D eigenvalue weighted by Gasteiger charge is 2.45. The number of aromatic nitrogens is 1. The van der Waals surface area contributed by atoms with Gasteiger partial charge >= 0.3 is 0 Å². The van der Waals surface area contributed by atoms with E-state index < -0.39 is 37.3 Å². The maximum atomic E-state index is 10.1. The number of fused-ring (bicyclic) bond motifs is 1. The largest absolute Gasteiger partial charge is 0.480 e. The second-order valence-electron chi connectivity index (χ2n) is 5.13. The zero-order valence-electron chi connectivity index (χ0n) is 11.4. The first-order chi connectivity index (χ1) is 10.5. The molecular formula is C14H16ClNO6. The van der Waals surface area contributed by atoms with E-state index in [0.717, 1.165) is 0 Å². The highest BCUT2D eigenvalue weighted by molar-refractivity contribution is 6.19. The van der Waals surface area contributed by atoms with E-state index in [9.17, 15) is 15.3 Å². The molecule has 0 saturated carbocycles. The number of rotatable bonds is 3. The number of benzene rings is 1. The molecule has 120 valence electrons. The number of hydrogen-bond donors (Lipinski definition) is 4. The van der Waals surface area contributed by atoms with Gasteiger partial charge in [-0.05, 0) is 12.1 Å². The van der Waals surface area contributed by atoms with Crippen LogP contribution < -0.4 is 4.74 Å². The van der Waals surface area contributed by atoms with Crippen LogP contribution in [0.15, 0.2) is 30.5 Å². The van der Waals surface area contributed by atoms with Gasteiger partial charge in [0.05, 0.1) is 18.3 Å². The summed E-state index contributed by atoms with van der Waals surface area (Å²) in [6.07, 6.45) is -5.07. The lowest BCUT2D eigenvalue weighted by Gasteiger charge is -2.39. The van der Waals surface area contributed by atoms with Crippen LogP contribution in [0.1, 0.15) is 0 Å². The fourth-order valence-corrected chi connectivity index (χ4v) is 2.79. The molecule has 0 aliphatic carbocycles. The van der Waals surface area contributed by atoms with Crippen molar-refractivity contribution in [2.24, 2.45) is 0 Å². The fraction of sp³-hybridized carbons (Fsp3) is 0.429. The Morgan fingerprint density at radius 1 is 1.18 bits per heavy atom. The van der Waals surface area contributed by atoms with Crippen LogP contribution in [0.5, 0.6) is 5.75 Å². The quantitative estimate of drug-likeness (QED) is 0.623. The van der Waals surface area contributed by atoms with Crippen molar-refractivity contribution in [1.29, 1.82) is 0 Å². The molecule has 3 rings (SSSR count). The summed E-state index contributed by atoms with van der Waals surface area (Å²) in [6, 6.07) is 7.18. The number of halogens is 1. The minimum Gasteiger partial charge on any atom is -0.480 e. The van der Waals surface area contributed by atoms with E-state index in [-0.39, 0.29) is 0 Å². The first-order valence-corrected chi connectivity index (χ1v) is 7.10. The summed E-state index contributed by atoms with van der Waals surface area (Å²) >= 11 is 6.04. The van der Waals surface area contributed by atoms with Crippen LogP contribution in [0.25, 0.3) is 10.9 Å². The fourth-order valence-electron chi connectivity index (χ4n) is 2.55. The molecular weight excluding hydrogens is 314 g/mol. The lowest BCUT2D eigenvalue weighted by Crippen LogP contribution is -2.60. The van der Waals surface area contributed by atoms with Crippen molar-refractivity contribution >= 4 is 22.7 Å². The zero-order valence-corrected chi connectivity index (χ0v) is 12.2. The molecule has 5 atom stereocenters. The van der Waals surface area contributed by atoms with Crippen LogP contribution in [0.4, 0.5) is 0 Å². The molecule has 1 fully saturated rings. The summed E-state index contributed by atoms with van der Waals surface area (Å²) in [5.74, 6) is 0.340. The van der Waals surface area contributed by atoms with Crippen LogP contribution in [-0.2, 0) is 4.74 Å². The number of para-hydroxylation sites is 1. The summed E-state index contributed by atoms with van der Waals surface area (Å²) in [5.41, 5.74) is 0.702. The Labute approximate surface area is 131 Å². The van der Waals surface area contributed by atoms with Gasteiger partial charge in [0.1, 0.15) is 24.1 Å². The maximum Gasteiger partial charge on any atom is 0.195 e. The van der Waals surface area contributed by atoms with Gasteiger partial charge in [-0.3, -0.25) is 4.09 Å². The smallest absolute Gasteiger partial charge is 0.195 e. The van der Waals surface area contributed by atoms with E-state index in [1.807, 2.05) is 6.07 Å². The van der Waals surface area contributed by atoms with E-state index in [1.165, 1.54) is 10.3 Å². The third-order valence-corrected chi connectivity index (χ3v) is 4.02. The monoisotopic (exact) mass is 329 g/mol. The van der Waals surface area contributed by atoms with E-state index in [0.29, 0.717) is 16.7 Å². The van der Waals surface area contributed by atoms with Gasteiger partial charge in [-0.15, -0.1) is 0 Å². The minimum atomic E-state index is -1.49. The van der Waals surface area contributed by atoms with Gasteiger partial charge in [0.2, 0.25) is 0 Å². The number of aliphatic hydroxyl groups excluding tert-OH is 4. The zero-order chi connectivity index (χ0) is 15.9. The van der Waals surface area contributed by atoms with Crippen molar-refractivity contribution in [2.45, 2.75) is 30.7 Å². The van der Waals surface area contributed by atoms with E-state index in [2.05, 4.69) is 0 Å². The Kier molecular flexibility index (Phi) is 4.26. The Morgan fingerprint density at radius 2 is 1.91 bits per heavy atom. The van der Waals surface area contributed by atoms with Gasteiger partial charge in [0.25, 0.3) is 0 Å². The number of aliphatic hydroxyl groups is 4. The van der Waals surface area contributed by atoms with Crippen LogP contribution in [0.2, 0.25) is 0 Å². The van der Waals surface area contributed by atoms with Crippen molar-refractivity contribution < 1.29 is 29.9 Å². The van der Waals surface area contributed by atoms with Crippen LogP contribution in [0, 0.1) is 0 Å². The lowest BCUT2D eigenvalue weighted by atomic mass is 9.99. The molecule has 0 amide bonds. The Morgan fingerprint density at radius 3 is 2.64 bits per heavy atom. The van der Waals surface area contributed by atoms with Crippen LogP contribution >= 0.6 is 11.8 Å². The molecule has 8 heteroatoms. The third kappa shape index (κ3) is 2.56. The third-order valence-electron chi connectivity index (χ3n) is 3.74. The highest BCUT2D eigenvalue weighted by Crippen LogP contribution is 2.32. The summed E-state index contributed by atoms with van der Waals surface area (Å²) < 4.78 is 12.0. The summed E-state index contributed by atoms with van der Waals surface area (Å²) in [7, 11) is 0. The second kappa shape index (κ2) is 6.04. The molecule has 0 bridgehead atoms. The second-order valence-corrected chi connectivity index (χ2v) is 5.50. The molecule has 2 heterocycles. The average molecular weight is 330 g/mol. The summed E-state index contributed by atoms with van der Waals surface area (Å²) in [5, 5.41) is 39.6. The van der Waals surface area contributed by atoms with Gasteiger partial charge in [0, 0.05) is 17.2 Å². The van der Waals surface area contributed by atoms with Gasteiger partial charge < -0.3 is 29.9 Å². The molecule has 4 N–H and O–H groups in total. The van der Waals surface area contributed by atoms with Gasteiger partial charge in [-0.1, -0.05) is 12.1 Å². The number of ether oxygens (including phenoxy) is 2. The predicted molar refractivity (Wildman–Crippen MR) is 77.6 cm³/mol. The Hall–Kier alpha value is -1.35. The summed E-state index contributed by atoms with van der Waals surface area (Å²) in [6.45, 7) is -0.525. The number of nitrogens with zero attached hydrogens (tertiary/aromatic N) is 1. The normalized spacial score (nSPS) is 32.3. The highest BCUT2D eigenvalue weighted by atomic mass is 35.5. The standard InChI is InChI=1S/C14H16ClNO6/c15-16-5-9(7-3-1-2-4-8(7)16)21-13-12(19)11(18)10(6-17)22-14(13)20/h1-5,10-14,17-20H,6H2/t10-,11-,12+,13-,14-/m1/s1. The average Bonchev–Trinajstić information content (AvgIpc) is 2.84.